The van der Waals surface area contributed by atoms with Gasteiger partial charge in [0, 0.05) is 22.8 Å². The number of thiophene rings is 1. The number of Topliss-reactive ketones (excluding diaryl/α,β-unsaturated/α-hetero) is 1. The highest BCUT2D eigenvalue weighted by molar-refractivity contribution is 7.18. The highest BCUT2D eigenvalue weighted by Crippen LogP contribution is 2.34. The first-order valence-electron chi connectivity index (χ1n) is 11.7. The summed E-state index contributed by atoms with van der Waals surface area (Å²) in [6.07, 6.45) is 7.74. The van der Waals surface area contributed by atoms with E-state index < -0.39 is 11.7 Å². The highest BCUT2D eigenvalue weighted by Gasteiger charge is 2.27. The van der Waals surface area contributed by atoms with Gasteiger partial charge in [0.15, 0.2) is 11.7 Å². The van der Waals surface area contributed by atoms with Crippen LogP contribution in [0.3, 0.4) is 0 Å². The van der Waals surface area contributed by atoms with E-state index in [2.05, 4.69) is 15.0 Å². The van der Waals surface area contributed by atoms with E-state index in [0.29, 0.717) is 21.5 Å². The molecular weight excluding hydrogens is 474 g/mol. The topological polar surface area (TPSA) is 113 Å². The lowest BCUT2D eigenvalue weighted by atomic mass is 9.96. The van der Waals surface area contributed by atoms with Crippen molar-refractivity contribution < 1.29 is 9.53 Å². The lowest BCUT2D eigenvalue weighted by Crippen LogP contribution is -2.20. The number of hydrogen-bond acceptors (Lipinski definition) is 7. The smallest absolute Gasteiger partial charge is 0.259 e. The number of imidazole rings is 1. The number of aromatic nitrogens is 4. The van der Waals surface area contributed by atoms with E-state index in [9.17, 15) is 14.9 Å². The molecule has 4 aromatic heterocycles. The zero-order valence-corrected chi connectivity index (χ0v) is 20.0. The number of carbonyl (C=O) groups is 1. The second-order valence-electron chi connectivity index (χ2n) is 8.78. The zero-order chi connectivity index (χ0) is 24.6. The van der Waals surface area contributed by atoms with Gasteiger partial charge in [-0.2, -0.15) is 5.26 Å². The molecule has 178 valence electrons. The predicted octanol–water partition coefficient (Wildman–Crippen LogP) is 4.58. The van der Waals surface area contributed by atoms with E-state index in [1.165, 1.54) is 16.2 Å². The van der Waals surface area contributed by atoms with Gasteiger partial charge >= 0.3 is 0 Å². The van der Waals surface area contributed by atoms with Crippen molar-refractivity contribution in [3.63, 3.8) is 0 Å². The van der Waals surface area contributed by atoms with Crippen LogP contribution in [0.5, 0.6) is 5.75 Å². The fourth-order valence-electron chi connectivity index (χ4n) is 4.68. The maximum Gasteiger partial charge on any atom is 0.259 e. The molecule has 0 saturated carbocycles. The molecule has 4 heterocycles. The Balaban J connectivity index is 1.25. The van der Waals surface area contributed by atoms with Crippen LogP contribution in [0.1, 0.15) is 51.1 Å². The van der Waals surface area contributed by atoms with Gasteiger partial charge in [-0.25, -0.2) is 9.97 Å². The van der Waals surface area contributed by atoms with Gasteiger partial charge in [-0.15, -0.1) is 11.3 Å². The van der Waals surface area contributed by atoms with Crippen molar-refractivity contribution in [3.8, 4) is 11.8 Å². The van der Waals surface area contributed by atoms with E-state index in [0.717, 1.165) is 42.6 Å². The molecule has 9 heteroatoms. The molecular formula is C27H21N5O3S. The number of aromatic amines is 1. The fraction of sp³-hybridized carbons (Fsp3) is 0.222. The first-order chi connectivity index (χ1) is 17.6. The van der Waals surface area contributed by atoms with Gasteiger partial charge in [-0.3, -0.25) is 9.59 Å². The summed E-state index contributed by atoms with van der Waals surface area (Å²) in [5.74, 6) is -1.11. The number of benzene rings is 1. The average molecular weight is 496 g/mol. The minimum Gasteiger partial charge on any atom is -0.487 e. The molecule has 6 rings (SSSR count). The lowest BCUT2D eigenvalue weighted by Gasteiger charge is -2.11. The molecule has 0 saturated heterocycles. The molecule has 0 amide bonds. The molecule has 1 aromatic carbocycles. The summed E-state index contributed by atoms with van der Waals surface area (Å²) in [6.45, 7) is 0.232. The molecule has 1 N–H and O–H groups in total. The van der Waals surface area contributed by atoms with E-state index in [-0.39, 0.29) is 18.0 Å². The minimum atomic E-state index is -1.23. The second kappa shape index (κ2) is 9.06. The molecule has 0 spiro atoms. The molecule has 36 heavy (non-hydrogen) atoms. The Hall–Kier alpha value is -4.29. The van der Waals surface area contributed by atoms with Crippen LogP contribution in [-0.4, -0.2) is 25.1 Å². The number of rotatable bonds is 6. The van der Waals surface area contributed by atoms with Crippen LogP contribution in [0.2, 0.25) is 0 Å². The van der Waals surface area contributed by atoms with Crippen molar-refractivity contribution in [1.82, 2.24) is 19.4 Å². The van der Waals surface area contributed by atoms with Crippen molar-refractivity contribution in [2.24, 2.45) is 0 Å². The van der Waals surface area contributed by atoms with Gasteiger partial charge < -0.3 is 14.1 Å². The Morgan fingerprint density at radius 1 is 1.19 bits per heavy atom. The molecule has 0 bridgehead atoms. The Bertz CT molecular complexity index is 1690. The van der Waals surface area contributed by atoms with E-state index in [1.54, 1.807) is 24.3 Å². The molecule has 8 nitrogen and oxygen atoms in total. The van der Waals surface area contributed by atoms with Crippen LogP contribution in [0.15, 0.2) is 59.7 Å². The Morgan fingerprint density at radius 3 is 2.94 bits per heavy atom. The zero-order valence-electron chi connectivity index (χ0n) is 19.2. The number of aryl methyl sites for hydroxylation is 2. The van der Waals surface area contributed by atoms with Crippen LogP contribution in [0.4, 0.5) is 0 Å². The minimum absolute atomic E-state index is 0.0784. The van der Waals surface area contributed by atoms with Crippen LogP contribution in [0.25, 0.3) is 15.9 Å². The summed E-state index contributed by atoms with van der Waals surface area (Å²) >= 11 is 1.49. The average Bonchev–Trinajstić information content (AvgIpc) is 3.49. The van der Waals surface area contributed by atoms with Crippen molar-refractivity contribution in [3.05, 3.63) is 92.7 Å². The molecule has 0 aliphatic heterocycles. The Morgan fingerprint density at radius 2 is 2.08 bits per heavy atom. The molecule has 1 aliphatic rings. The lowest BCUT2D eigenvalue weighted by molar-refractivity contribution is 0.0975. The predicted molar refractivity (Wildman–Crippen MR) is 136 cm³/mol. The van der Waals surface area contributed by atoms with E-state index in [4.69, 9.17) is 4.74 Å². The molecule has 5 aromatic rings. The first-order valence-corrected chi connectivity index (χ1v) is 12.6. The van der Waals surface area contributed by atoms with E-state index >= 15 is 0 Å². The number of carbonyl (C=O) groups excluding carboxylic acids is 1. The van der Waals surface area contributed by atoms with Crippen molar-refractivity contribution in [1.29, 1.82) is 5.26 Å². The summed E-state index contributed by atoms with van der Waals surface area (Å²) < 4.78 is 7.78. The molecule has 1 aliphatic carbocycles. The monoisotopic (exact) mass is 495 g/mol. The standard InChI is InChI=1S/C27H21N5O3S/c28-13-20(25-30-26(34)23-19-8-1-2-9-21(19)36-27(23)31-25)24(33)16-6-5-7-18(12-16)35-15-17-14-32-11-4-3-10-22(32)29-17/h3-7,10-12,14,20H,1-2,8-9,15H2,(H,30,31,34). The Kier molecular flexibility index (Phi) is 5.58. The third kappa shape index (κ3) is 3.95. The maximum atomic E-state index is 13.3. The van der Waals surface area contributed by atoms with Gasteiger partial charge in [0.2, 0.25) is 0 Å². The van der Waals surface area contributed by atoms with Gasteiger partial charge in [0.05, 0.1) is 17.1 Å². The third-order valence-corrected chi connectivity index (χ3v) is 7.61. The number of nitrogens with one attached hydrogen (secondary N) is 1. The number of ether oxygens (including phenoxy) is 1. The van der Waals surface area contributed by atoms with E-state index in [1.807, 2.05) is 41.1 Å². The van der Waals surface area contributed by atoms with Gasteiger partial charge in [0.25, 0.3) is 5.56 Å². The summed E-state index contributed by atoms with van der Waals surface area (Å²) in [6, 6.07) is 14.5. The second-order valence-corrected chi connectivity index (χ2v) is 9.87. The van der Waals surface area contributed by atoms with Crippen LogP contribution >= 0.6 is 11.3 Å². The molecule has 1 atom stereocenters. The molecule has 0 fully saturated rings. The van der Waals surface area contributed by atoms with Crippen molar-refractivity contribution >= 4 is 33.0 Å². The van der Waals surface area contributed by atoms with Crippen molar-refractivity contribution in [2.45, 2.75) is 38.2 Å². The van der Waals surface area contributed by atoms with Gasteiger partial charge in [0.1, 0.15) is 28.7 Å². The van der Waals surface area contributed by atoms with Gasteiger partial charge in [-0.05, 0) is 55.5 Å². The maximum absolute atomic E-state index is 13.3. The van der Waals surface area contributed by atoms with Gasteiger partial charge in [-0.1, -0.05) is 18.2 Å². The fourth-order valence-corrected chi connectivity index (χ4v) is 5.95. The number of H-pyrrole nitrogens is 1. The first kappa shape index (κ1) is 22.2. The Labute approximate surface area is 209 Å². The number of nitrogens with zero attached hydrogens (tertiary/aromatic N) is 4. The summed E-state index contributed by atoms with van der Waals surface area (Å²) in [7, 11) is 0. The molecule has 0 radical (unpaired) electrons. The van der Waals surface area contributed by atoms with Crippen molar-refractivity contribution in [2.75, 3.05) is 0 Å². The number of hydrogen-bond donors (Lipinski definition) is 1. The number of nitriles is 1. The third-order valence-electron chi connectivity index (χ3n) is 6.43. The summed E-state index contributed by atoms with van der Waals surface area (Å²) in [4.78, 5) is 39.8. The quantitative estimate of drug-likeness (QED) is 0.345. The number of pyridine rings is 1. The molecule has 1 unspecified atom stereocenters. The summed E-state index contributed by atoms with van der Waals surface area (Å²) in [5, 5.41) is 10.5. The highest BCUT2D eigenvalue weighted by atomic mass is 32.1. The summed E-state index contributed by atoms with van der Waals surface area (Å²) in [5.41, 5.74) is 2.66. The largest absolute Gasteiger partial charge is 0.487 e. The SMILES string of the molecule is N#CC(C(=O)c1cccc(OCc2cn3ccccc3n2)c1)c1nc2sc3c(c2c(=O)[nH]1)CCCC3. The number of fused-ring (bicyclic) bond motifs is 4. The van der Waals surface area contributed by atoms with Crippen LogP contribution < -0.4 is 10.3 Å². The van der Waals surface area contributed by atoms with Crippen LogP contribution in [0, 0.1) is 11.3 Å². The number of ketones is 1. The van der Waals surface area contributed by atoms with Crippen LogP contribution in [-0.2, 0) is 19.4 Å². The normalized spacial score (nSPS) is 13.9.